The summed E-state index contributed by atoms with van der Waals surface area (Å²) in [6.07, 6.45) is 40.2. The Morgan fingerprint density at radius 2 is 1.22 bits per heavy atom. The van der Waals surface area contributed by atoms with Gasteiger partial charge in [0.25, 0.3) is 7.82 Å². The number of quaternary nitrogens is 1. The molecule has 1 aliphatic heterocycles. The molecule has 0 N–H and O–H groups in total. The standard InChI is InChI=1S/C44H84NO8P/c1-6-8-10-12-14-15-16-17-18-19-20-21-22-23-28-32-37-49-41(40-52-54(47,48)51-38-36-45(3,4)5)39-50-44(46)35-31-27-24-26-30-34-43-42(53-43)33-29-25-13-11-9-7-2/h25,29,32,37,41-43H,6-24,26-28,30-31,33-36,38-40H2,1-5H3/b29-25-,37-32+/t41-,42?,43?/m1/s1. The second-order valence-electron chi connectivity index (χ2n) is 16.5. The SMILES string of the molecule is CCCCC/C=C\CC1OC1CCCCCCCC(=O)OC[C@H](COP(=O)([O-])OCC[N+](C)(C)C)O/C=C/CCCCCCCCCCCCCCCC. The number of unbranched alkanes of at least 4 members (excludes halogenated alkanes) is 21. The summed E-state index contributed by atoms with van der Waals surface area (Å²) in [6, 6.07) is 0. The van der Waals surface area contributed by atoms with Gasteiger partial charge in [0.15, 0.2) is 6.10 Å². The minimum atomic E-state index is -4.52. The number of esters is 1. The third-order valence-corrected chi connectivity index (χ3v) is 11.0. The number of nitrogens with zero attached hydrogens (tertiary/aromatic N) is 1. The summed E-state index contributed by atoms with van der Waals surface area (Å²) in [5.41, 5.74) is 0. The molecule has 0 aromatic heterocycles. The lowest BCUT2D eigenvalue weighted by Gasteiger charge is -2.28. The van der Waals surface area contributed by atoms with E-state index in [0.29, 0.717) is 29.7 Å². The molecule has 1 aliphatic rings. The fourth-order valence-corrected chi connectivity index (χ4v) is 7.09. The van der Waals surface area contributed by atoms with Gasteiger partial charge >= 0.3 is 5.97 Å². The molecule has 0 spiro atoms. The molecule has 0 aromatic rings. The summed E-state index contributed by atoms with van der Waals surface area (Å²) < 4.78 is 40.2. The predicted molar refractivity (Wildman–Crippen MR) is 221 cm³/mol. The molecule has 0 saturated carbocycles. The van der Waals surface area contributed by atoms with Crippen molar-refractivity contribution in [1.82, 2.24) is 0 Å². The average molecular weight is 786 g/mol. The highest BCUT2D eigenvalue weighted by Gasteiger charge is 2.36. The van der Waals surface area contributed by atoms with Crippen molar-refractivity contribution >= 4 is 13.8 Å². The van der Waals surface area contributed by atoms with E-state index in [1.165, 1.54) is 109 Å². The second kappa shape index (κ2) is 33.9. The van der Waals surface area contributed by atoms with Crippen LogP contribution in [0.15, 0.2) is 24.5 Å². The summed E-state index contributed by atoms with van der Waals surface area (Å²) in [4.78, 5) is 24.9. The van der Waals surface area contributed by atoms with Gasteiger partial charge in [0.2, 0.25) is 0 Å². The fourth-order valence-electron chi connectivity index (χ4n) is 6.36. The van der Waals surface area contributed by atoms with Crippen LogP contribution < -0.4 is 4.89 Å². The Kier molecular flexibility index (Phi) is 31.9. The van der Waals surface area contributed by atoms with Crippen molar-refractivity contribution < 1.29 is 42.0 Å². The van der Waals surface area contributed by atoms with Gasteiger partial charge in [0.1, 0.15) is 19.8 Å². The maximum atomic E-state index is 12.5. The summed E-state index contributed by atoms with van der Waals surface area (Å²) >= 11 is 0. The highest BCUT2D eigenvalue weighted by Crippen LogP contribution is 2.38. The van der Waals surface area contributed by atoms with Gasteiger partial charge in [-0.1, -0.05) is 148 Å². The highest BCUT2D eigenvalue weighted by molar-refractivity contribution is 7.45. The fraction of sp³-hybridized carbons (Fsp3) is 0.886. The van der Waals surface area contributed by atoms with E-state index in [2.05, 4.69) is 26.0 Å². The predicted octanol–water partition coefficient (Wildman–Crippen LogP) is 11.5. The molecule has 4 atom stereocenters. The lowest BCUT2D eigenvalue weighted by Crippen LogP contribution is -2.37. The molecule has 0 aromatic carbocycles. The quantitative estimate of drug-likeness (QED) is 0.0115. The Labute approximate surface area is 332 Å². The lowest BCUT2D eigenvalue weighted by atomic mass is 10.0. The highest BCUT2D eigenvalue weighted by atomic mass is 31.2. The van der Waals surface area contributed by atoms with Crippen LogP contribution in [0, 0.1) is 0 Å². The van der Waals surface area contributed by atoms with Crippen LogP contribution in [0.1, 0.15) is 187 Å². The Bertz CT molecular complexity index is 984. The summed E-state index contributed by atoms with van der Waals surface area (Å²) in [7, 11) is 1.35. The molecular weight excluding hydrogens is 701 g/mol. The van der Waals surface area contributed by atoms with Crippen LogP contribution in [0.4, 0.5) is 0 Å². The van der Waals surface area contributed by atoms with Crippen molar-refractivity contribution in [1.29, 1.82) is 0 Å². The number of allylic oxidation sites excluding steroid dienone is 2. The van der Waals surface area contributed by atoms with E-state index in [0.717, 1.165) is 57.8 Å². The molecule has 3 unspecified atom stereocenters. The minimum Gasteiger partial charge on any atom is -0.756 e. The second-order valence-corrected chi connectivity index (χ2v) is 17.9. The van der Waals surface area contributed by atoms with Crippen molar-refractivity contribution in [3.63, 3.8) is 0 Å². The van der Waals surface area contributed by atoms with Gasteiger partial charge < -0.3 is 32.6 Å². The largest absolute Gasteiger partial charge is 0.756 e. The van der Waals surface area contributed by atoms with Crippen molar-refractivity contribution in [2.24, 2.45) is 0 Å². The van der Waals surface area contributed by atoms with E-state index >= 15 is 0 Å². The first-order valence-electron chi connectivity index (χ1n) is 22.2. The summed E-state index contributed by atoms with van der Waals surface area (Å²) in [6.45, 7) is 4.67. The van der Waals surface area contributed by atoms with Crippen LogP contribution in [-0.2, 0) is 32.6 Å². The van der Waals surface area contributed by atoms with Gasteiger partial charge in [-0.25, -0.2) is 0 Å². The molecule has 1 heterocycles. The number of phosphoric acid groups is 1. The number of carbonyl (C=O) groups excluding carboxylic acids is 1. The topological polar surface area (TPSA) is 107 Å². The summed E-state index contributed by atoms with van der Waals surface area (Å²) in [5.74, 6) is -0.309. The van der Waals surface area contributed by atoms with E-state index in [9.17, 15) is 14.3 Å². The number of rotatable bonds is 40. The number of likely N-dealkylation sites (N-methyl/N-ethyl adjacent to an activating group) is 1. The molecule has 0 radical (unpaired) electrons. The Morgan fingerprint density at radius 1 is 0.685 bits per heavy atom. The molecular formula is C44H84NO8P. The molecule has 54 heavy (non-hydrogen) atoms. The molecule has 318 valence electrons. The van der Waals surface area contributed by atoms with Crippen LogP contribution in [0.2, 0.25) is 0 Å². The van der Waals surface area contributed by atoms with Gasteiger partial charge in [-0.2, -0.15) is 0 Å². The number of carbonyl (C=O) groups is 1. The zero-order valence-electron chi connectivity index (χ0n) is 35.6. The maximum Gasteiger partial charge on any atom is 0.305 e. The monoisotopic (exact) mass is 786 g/mol. The Balaban J connectivity index is 2.24. The number of hydrogen-bond acceptors (Lipinski definition) is 8. The van der Waals surface area contributed by atoms with Crippen LogP contribution >= 0.6 is 7.82 Å². The van der Waals surface area contributed by atoms with Gasteiger partial charge in [-0.15, -0.1) is 0 Å². The number of phosphoric ester groups is 1. The third-order valence-electron chi connectivity index (χ3n) is 10.0. The van der Waals surface area contributed by atoms with E-state index in [1.807, 2.05) is 27.2 Å². The molecule has 9 nitrogen and oxygen atoms in total. The molecule has 0 aliphatic carbocycles. The zero-order chi connectivity index (χ0) is 39.6. The van der Waals surface area contributed by atoms with Gasteiger partial charge in [0.05, 0.1) is 46.2 Å². The number of epoxide rings is 1. The van der Waals surface area contributed by atoms with Crippen LogP contribution in [0.25, 0.3) is 0 Å². The number of hydrogen-bond donors (Lipinski definition) is 0. The van der Waals surface area contributed by atoms with E-state index in [4.69, 9.17) is 23.3 Å². The smallest absolute Gasteiger partial charge is 0.305 e. The maximum absolute atomic E-state index is 12.5. The Hall–Kier alpha value is -1.22. The van der Waals surface area contributed by atoms with Crippen LogP contribution in [-0.4, -0.2) is 76.3 Å². The van der Waals surface area contributed by atoms with E-state index < -0.39 is 13.9 Å². The van der Waals surface area contributed by atoms with Gasteiger partial charge in [-0.3, -0.25) is 9.36 Å². The van der Waals surface area contributed by atoms with Gasteiger partial charge in [0, 0.05) is 6.42 Å². The zero-order valence-corrected chi connectivity index (χ0v) is 36.5. The first kappa shape index (κ1) is 50.8. The first-order valence-corrected chi connectivity index (χ1v) is 23.7. The van der Waals surface area contributed by atoms with Crippen LogP contribution in [0.3, 0.4) is 0 Å². The minimum absolute atomic E-state index is 0.0234. The molecule has 10 heteroatoms. The molecule has 0 amide bonds. The summed E-state index contributed by atoms with van der Waals surface area (Å²) in [5, 5.41) is 0. The normalized spacial score (nSPS) is 17.7. The average Bonchev–Trinajstić information content (AvgIpc) is 3.88. The van der Waals surface area contributed by atoms with Gasteiger partial charge in [-0.05, 0) is 51.0 Å². The molecule has 1 saturated heterocycles. The molecule has 1 rings (SSSR count). The lowest BCUT2D eigenvalue weighted by molar-refractivity contribution is -0.870. The Morgan fingerprint density at radius 3 is 1.85 bits per heavy atom. The third kappa shape index (κ3) is 34.1. The van der Waals surface area contributed by atoms with Crippen LogP contribution in [0.5, 0.6) is 0 Å². The van der Waals surface area contributed by atoms with Crippen molar-refractivity contribution in [2.75, 3.05) is 47.5 Å². The van der Waals surface area contributed by atoms with Crippen molar-refractivity contribution in [2.45, 2.75) is 206 Å². The van der Waals surface area contributed by atoms with Crippen molar-refractivity contribution in [3.8, 4) is 0 Å². The van der Waals surface area contributed by atoms with E-state index in [-0.39, 0.29) is 25.8 Å². The van der Waals surface area contributed by atoms with Crippen molar-refractivity contribution in [3.05, 3.63) is 24.5 Å². The number of ether oxygens (including phenoxy) is 3. The molecule has 1 fully saturated rings. The van der Waals surface area contributed by atoms with E-state index in [1.54, 1.807) is 6.26 Å². The first-order chi connectivity index (χ1) is 26.1. The molecule has 0 bridgehead atoms.